The zero-order valence-corrected chi connectivity index (χ0v) is 15.7. The van der Waals surface area contributed by atoms with Gasteiger partial charge in [-0.3, -0.25) is 4.79 Å². The summed E-state index contributed by atoms with van der Waals surface area (Å²) in [5.74, 6) is 0.591. The van der Waals surface area contributed by atoms with Crippen LogP contribution in [0.5, 0.6) is 0 Å². The molecule has 1 amide bonds. The normalized spacial score (nSPS) is 11.5. The highest BCUT2D eigenvalue weighted by Gasteiger charge is 2.30. The summed E-state index contributed by atoms with van der Waals surface area (Å²) in [4.78, 5) is 11.5. The fourth-order valence-electron chi connectivity index (χ4n) is 1.74. The molecule has 2 rings (SSSR count). The zero-order valence-electron chi connectivity index (χ0n) is 13.3. The van der Waals surface area contributed by atoms with E-state index >= 15 is 0 Å². The van der Waals surface area contributed by atoms with Gasteiger partial charge in [-0.15, -0.1) is 10.2 Å². The highest BCUT2D eigenvalue weighted by molar-refractivity contribution is 8.03. The predicted molar refractivity (Wildman–Crippen MR) is 94.9 cm³/mol. The van der Waals surface area contributed by atoms with Crippen molar-refractivity contribution in [1.82, 2.24) is 15.5 Å². The molecule has 1 N–H and O–H groups in total. The lowest BCUT2D eigenvalue weighted by molar-refractivity contribution is -0.137. The first-order valence-corrected chi connectivity index (χ1v) is 10.2. The summed E-state index contributed by atoms with van der Waals surface area (Å²) in [7, 11) is 0. The number of nitrogens with one attached hydrogen (secondary N) is 1. The summed E-state index contributed by atoms with van der Waals surface area (Å²) in [6.07, 6.45) is -3.46. The number of alkyl halides is 3. The first-order chi connectivity index (χ1) is 11.9. The molecule has 0 unspecified atom stereocenters. The van der Waals surface area contributed by atoms with Crippen LogP contribution in [-0.2, 0) is 16.7 Å². The Kier molecular flexibility index (Phi) is 7.57. The van der Waals surface area contributed by atoms with Gasteiger partial charge in [-0.05, 0) is 18.1 Å². The molecular formula is C15H16F3N3OS3. The Hall–Kier alpha value is -1.26. The molecule has 4 nitrogen and oxygen atoms in total. The number of hydrogen-bond donors (Lipinski definition) is 1. The fraction of sp³-hybridized carbons (Fsp3) is 0.400. The number of hydrogen-bond acceptors (Lipinski definition) is 6. The standard InChI is InChI=1S/C15H16F3N3OS3/c1-2-6-19-12(22)9-24-14-21-20-13(25-14)23-8-10-4-3-5-11(7-10)15(16,17)18/h3-5,7H,2,6,8-9H2,1H3,(H,19,22). The van der Waals surface area contributed by atoms with Crippen LogP contribution in [0.3, 0.4) is 0 Å². The zero-order chi connectivity index (χ0) is 18.3. The van der Waals surface area contributed by atoms with E-state index in [9.17, 15) is 18.0 Å². The quantitative estimate of drug-likeness (QED) is 0.655. The number of halogens is 3. The number of carbonyl (C=O) groups is 1. The van der Waals surface area contributed by atoms with Gasteiger partial charge in [0.05, 0.1) is 11.3 Å². The Morgan fingerprint density at radius 3 is 2.64 bits per heavy atom. The molecule has 0 saturated carbocycles. The molecule has 0 atom stereocenters. The molecular weight excluding hydrogens is 391 g/mol. The van der Waals surface area contributed by atoms with Crippen LogP contribution in [-0.4, -0.2) is 28.4 Å². The SMILES string of the molecule is CCCNC(=O)CSc1nnc(SCc2cccc(C(F)(F)F)c2)s1. The molecule has 0 saturated heterocycles. The highest BCUT2D eigenvalue weighted by atomic mass is 32.2. The van der Waals surface area contributed by atoms with E-state index in [4.69, 9.17) is 0 Å². The Morgan fingerprint density at radius 1 is 1.24 bits per heavy atom. The summed E-state index contributed by atoms with van der Waals surface area (Å²) in [5, 5.41) is 10.8. The lowest BCUT2D eigenvalue weighted by Crippen LogP contribution is -2.25. The molecule has 0 fully saturated rings. The lowest BCUT2D eigenvalue weighted by Gasteiger charge is -2.07. The van der Waals surface area contributed by atoms with Crippen LogP contribution in [0.2, 0.25) is 0 Å². The van der Waals surface area contributed by atoms with Crippen molar-refractivity contribution in [2.75, 3.05) is 12.3 Å². The van der Waals surface area contributed by atoms with Crippen molar-refractivity contribution in [3.8, 4) is 0 Å². The minimum Gasteiger partial charge on any atom is -0.355 e. The minimum absolute atomic E-state index is 0.0554. The van der Waals surface area contributed by atoms with Crippen LogP contribution in [0.25, 0.3) is 0 Å². The molecule has 1 aromatic carbocycles. The molecule has 2 aromatic rings. The number of benzene rings is 1. The number of aromatic nitrogens is 2. The van der Waals surface area contributed by atoms with Gasteiger partial charge >= 0.3 is 6.18 Å². The monoisotopic (exact) mass is 407 g/mol. The largest absolute Gasteiger partial charge is 0.416 e. The number of rotatable bonds is 8. The van der Waals surface area contributed by atoms with E-state index in [1.165, 1.54) is 40.9 Å². The number of thioether (sulfide) groups is 2. The smallest absolute Gasteiger partial charge is 0.355 e. The van der Waals surface area contributed by atoms with Crippen molar-refractivity contribution < 1.29 is 18.0 Å². The third kappa shape index (κ3) is 6.87. The topological polar surface area (TPSA) is 54.9 Å². The maximum absolute atomic E-state index is 12.7. The van der Waals surface area contributed by atoms with Crippen molar-refractivity contribution in [3.05, 3.63) is 35.4 Å². The lowest BCUT2D eigenvalue weighted by atomic mass is 10.1. The van der Waals surface area contributed by atoms with E-state index in [1.807, 2.05) is 6.92 Å². The summed E-state index contributed by atoms with van der Waals surface area (Å²) < 4.78 is 39.4. The summed E-state index contributed by atoms with van der Waals surface area (Å²) in [6.45, 7) is 2.62. The molecule has 10 heteroatoms. The second kappa shape index (κ2) is 9.44. The van der Waals surface area contributed by atoms with Gasteiger partial charge in [0.2, 0.25) is 5.91 Å². The molecule has 136 valence electrons. The van der Waals surface area contributed by atoms with Crippen molar-refractivity contribution >= 4 is 40.8 Å². The van der Waals surface area contributed by atoms with Gasteiger partial charge in [-0.1, -0.05) is 60.0 Å². The van der Waals surface area contributed by atoms with Crippen molar-refractivity contribution in [2.45, 2.75) is 34.0 Å². The minimum atomic E-state index is -4.34. The van der Waals surface area contributed by atoms with Gasteiger partial charge < -0.3 is 5.32 Å². The Bertz CT molecular complexity index is 707. The van der Waals surface area contributed by atoms with Gasteiger partial charge in [0.1, 0.15) is 0 Å². The third-order valence-corrected chi connectivity index (χ3v) is 6.16. The number of carbonyl (C=O) groups excluding carboxylic acids is 1. The van der Waals surface area contributed by atoms with Crippen LogP contribution in [0.4, 0.5) is 13.2 Å². The number of nitrogens with zero attached hydrogens (tertiary/aromatic N) is 2. The van der Waals surface area contributed by atoms with Crippen LogP contribution >= 0.6 is 34.9 Å². The molecule has 0 radical (unpaired) electrons. The molecule has 0 spiro atoms. The van der Waals surface area contributed by atoms with E-state index in [2.05, 4.69) is 15.5 Å². The fourth-order valence-corrected chi connectivity index (χ4v) is 4.53. The average Bonchev–Trinajstić information content (AvgIpc) is 3.04. The van der Waals surface area contributed by atoms with Gasteiger partial charge in [0.15, 0.2) is 8.68 Å². The van der Waals surface area contributed by atoms with Crippen molar-refractivity contribution in [1.29, 1.82) is 0 Å². The predicted octanol–water partition coefficient (Wildman–Crippen LogP) is 4.47. The molecule has 0 aliphatic rings. The highest BCUT2D eigenvalue weighted by Crippen LogP contribution is 2.33. The molecule has 25 heavy (non-hydrogen) atoms. The maximum Gasteiger partial charge on any atom is 0.416 e. The van der Waals surface area contributed by atoms with Crippen LogP contribution < -0.4 is 5.32 Å². The van der Waals surface area contributed by atoms with Crippen molar-refractivity contribution in [3.63, 3.8) is 0 Å². The third-order valence-electron chi connectivity index (χ3n) is 2.90. The molecule has 1 heterocycles. The summed E-state index contributed by atoms with van der Waals surface area (Å²) >= 11 is 3.95. The van der Waals surface area contributed by atoms with Gasteiger partial charge in [-0.25, -0.2) is 0 Å². The first-order valence-electron chi connectivity index (χ1n) is 7.40. The Balaban J connectivity index is 1.84. The molecule has 0 aliphatic heterocycles. The van der Waals surface area contributed by atoms with Gasteiger partial charge in [-0.2, -0.15) is 13.2 Å². The number of amides is 1. The van der Waals surface area contributed by atoms with E-state index in [0.717, 1.165) is 18.6 Å². The second-order valence-corrected chi connectivity index (χ2v) is 8.38. The maximum atomic E-state index is 12.7. The summed E-state index contributed by atoms with van der Waals surface area (Å²) in [6, 6.07) is 5.24. The van der Waals surface area contributed by atoms with Crippen molar-refractivity contribution in [2.24, 2.45) is 0 Å². The van der Waals surface area contributed by atoms with E-state index in [0.29, 0.717) is 26.5 Å². The van der Waals surface area contributed by atoms with E-state index in [1.54, 1.807) is 6.07 Å². The Morgan fingerprint density at radius 2 is 1.96 bits per heavy atom. The van der Waals surface area contributed by atoms with Crippen LogP contribution in [0, 0.1) is 0 Å². The van der Waals surface area contributed by atoms with E-state index in [-0.39, 0.29) is 11.7 Å². The van der Waals surface area contributed by atoms with E-state index < -0.39 is 11.7 Å². The van der Waals surface area contributed by atoms with Gasteiger partial charge in [0.25, 0.3) is 0 Å². The van der Waals surface area contributed by atoms with Gasteiger partial charge in [0, 0.05) is 12.3 Å². The van der Waals surface area contributed by atoms with Crippen LogP contribution in [0.15, 0.2) is 32.9 Å². The Labute approximate surface area is 156 Å². The average molecular weight is 408 g/mol. The summed E-state index contributed by atoms with van der Waals surface area (Å²) in [5.41, 5.74) is -0.0830. The molecule has 0 bridgehead atoms. The first kappa shape index (κ1) is 20.1. The second-order valence-electron chi connectivity index (χ2n) is 4.96. The molecule has 1 aromatic heterocycles. The molecule has 0 aliphatic carbocycles. The van der Waals surface area contributed by atoms with Crippen LogP contribution in [0.1, 0.15) is 24.5 Å².